The molecule has 0 spiro atoms. The molecule has 0 radical (unpaired) electrons. The number of amides is 1. The fourth-order valence-electron chi connectivity index (χ4n) is 3.52. The van der Waals surface area contributed by atoms with Crippen LogP contribution in [-0.2, 0) is 11.8 Å². The average Bonchev–Trinajstić information content (AvgIpc) is 3.21. The summed E-state index contributed by atoms with van der Waals surface area (Å²) < 4.78 is 13.1. The van der Waals surface area contributed by atoms with Gasteiger partial charge in [-0.25, -0.2) is 9.97 Å². The normalized spacial score (nSPS) is 11.3. The SMILES string of the molecule is CCOc1ccc2nc(-c3cccc(OCC(=O)NC(C)(C)C)c3)nc(Nc3ccn(C)n3)c2c1. The van der Waals surface area contributed by atoms with Crippen molar-refractivity contribution in [2.75, 3.05) is 18.5 Å². The highest BCUT2D eigenvalue weighted by atomic mass is 16.5. The highest BCUT2D eigenvalue weighted by molar-refractivity contribution is 5.93. The van der Waals surface area contributed by atoms with E-state index >= 15 is 0 Å². The number of aryl methyl sites for hydroxylation is 1. The average molecular weight is 475 g/mol. The molecule has 0 bridgehead atoms. The molecule has 35 heavy (non-hydrogen) atoms. The highest BCUT2D eigenvalue weighted by Gasteiger charge is 2.15. The molecule has 0 aliphatic rings. The lowest BCUT2D eigenvalue weighted by Gasteiger charge is -2.20. The Morgan fingerprint density at radius 1 is 1.03 bits per heavy atom. The fraction of sp³-hybridized carbons (Fsp3) is 0.308. The molecular weight excluding hydrogens is 444 g/mol. The zero-order valence-electron chi connectivity index (χ0n) is 20.6. The van der Waals surface area contributed by atoms with Crippen LogP contribution in [0.1, 0.15) is 27.7 Å². The number of benzene rings is 2. The minimum Gasteiger partial charge on any atom is -0.494 e. The minimum atomic E-state index is -0.319. The Bertz CT molecular complexity index is 1340. The molecule has 4 rings (SSSR count). The van der Waals surface area contributed by atoms with Gasteiger partial charge in [0.1, 0.15) is 17.3 Å². The van der Waals surface area contributed by atoms with Gasteiger partial charge in [-0.1, -0.05) is 12.1 Å². The Labute approximate surface area is 204 Å². The van der Waals surface area contributed by atoms with Crippen LogP contribution in [0.3, 0.4) is 0 Å². The van der Waals surface area contributed by atoms with Gasteiger partial charge in [0, 0.05) is 35.8 Å². The Morgan fingerprint density at radius 3 is 2.54 bits per heavy atom. The van der Waals surface area contributed by atoms with Crippen LogP contribution in [0.5, 0.6) is 11.5 Å². The Kier molecular flexibility index (Phi) is 6.86. The first-order chi connectivity index (χ1) is 16.7. The first-order valence-electron chi connectivity index (χ1n) is 11.5. The molecule has 2 N–H and O–H groups in total. The van der Waals surface area contributed by atoms with Gasteiger partial charge in [-0.05, 0) is 58.0 Å². The Hall–Kier alpha value is -4.14. The van der Waals surface area contributed by atoms with E-state index in [1.807, 2.05) is 83.4 Å². The van der Waals surface area contributed by atoms with Gasteiger partial charge >= 0.3 is 0 Å². The quantitative estimate of drug-likeness (QED) is 0.388. The summed E-state index contributed by atoms with van der Waals surface area (Å²) in [4.78, 5) is 21.7. The molecule has 0 fully saturated rings. The maximum Gasteiger partial charge on any atom is 0.258 e. The number of carbonyl (C=O) groups excluding carboxylic acids is 1. The van der Waals surface area contributed by atoms with E-state index in [1.54, 1.807) is 10.7 Å². The van der Waals surface area contributed by atoms with E-state index in [9.17, 15) is 4.79 Å². The van der Waals surface area contributed by atoms with E-state index in [4.69, 9.17) is 19.4 Å². The minimum absolute atomic E-state index is 0.0774. The summed E-state index contributed by atoms with van der Waals surface area (Å²) in [5.74, 6) is 2.91. The second-order valence-electron chi connectivity index (χ2n) is 9.12. The maximum atomic E-state index is 12.1. The molecule has 182 valence electrons. The molecule has 0 saturated carbocycles. The molecular formula is C26H30N6O3. The maximum absolute atomic E-state index is 12.1. The second-order valence-corrected chi connectivity index (χ2v) is 9.12. The number of rotatable bonds is 8. The van der Waals surface area contributed by atoms with Crippen molar-refractivity contribution in [3.8, 4) is 22.9 Å². The molecule has 0 atom stereocenters. The fourth-order valence-corrected chi connectivity index (χ4v) is 3.52. The number of aromatic nitrogens is 4. The predicted molar refractivity (Wildman–Crippen MR) is 136 cm³/mol. The van der Waals surface area contributed by atoms with Crippen molar-refractivity contribution in [1.82, 2.24) is 25.1 Å². The van der Waals surface area contributed by atoms with Crippen LogP contribution in [0.2, 0.25) is 0 Å². The number of hydrogen-bond acceptors (Lipinski definition) is 7. The Balaban J connectivity index is 1.66. The van der Waals surface area contributed by atoms with Gasteiger partial charge in [0.05, 0.1) is 12.1 Å². The number of nitrogens with zero attached hydrogens (tertiary/aromatic N) is 4. The smallest absolute Gasteiger partial charge is 0.258 e. The van der Waals surface area contributed by atoms with Crippen molar-refractivity contribution in [3.63, 3.8) is 0 Å². The van der Waals surface area contributed by atoms with Gasteiger partial charge in [-0.2, -0.15) is 5.10 Å². The van der Waals surface area contributed by atoms with Crippen molar-refractivity contribution in [1.29, 1.82) is 0 Å². The summed E-state index contributed by atoms with van der Waals surface area (Å²) in [6.45, 7) is 8.21. The first kappa shape index (κ1) is 24.0. The number of carbonyl (C=O) groups is 1. The lowest BCUT2D eigenvalue weighted by Crippen LogP contribution is -2.43. The number of ether oxygens (including phenoxy) is 2. The number of nitrogens with one attached hydrogen (secondary N) is 2. The van der Waals surface area contributed by atoms with Crippen LogP contribution >= 0.6 is 0 Å². The van der Waals surface area contributed by atoms with Gasteiger partial charge in [-0.3, -0.25) is 9.48 Å². The predicted octanol–water partition coefficient (Wildman–Crippen LogP) is 4.47. The van der Waals surface area contributed by atoms with Crippen LogP contribution in [-0.4, -0.2) is 44.4 Å². The summed E-state index contributed by atoms with van der Waals surface area (Å²) in [6.07, 6.45) is 1.86. The van der Waals surface area contributed by atoms with Crippen molar-refractivity contribution in [2.24, 2.45) is 7.05 Å². The number of fused-ring (bicyclic) bond motifs is 1. The van der Waals surface area contributed by atoms with Gasteiger partial charge < -0.3 is 20.1 Å². The van der Waals surface area contributed by atoms with E-state index in [2.05, 4.69) is 15.7 Å². The summed E-state index contributed by atoms with van der Waals surface area (Å²) in [5.41, 5.74) is 1.20. The topological polar surface area (TPSA) is 103 Å². The summed E-state index contributed by atoms with van der Waals surface area (Å²) in [6, 6.07) is 15.0. The van der Waals surface area contributed by atoms with Crippen molar-refractivity contribution >= 4 is 28.4 Å². The third-order valence-corrected chi connectivity index (χ3v) is 4.91. The van der Waals surface area contributed by atoms with Crippen LogP contribution in [0, 0.1) is 0 Å². The third kappa shape index (κ3) is 6.26. The van der Waals surface area contributed by atoms with Crippen LogP contribution in [0.25, 0.3) is 22.3 Å². The molecule has 2 aromatic carbocycles. The molecule has 0 unspecified atom stereocenters. The van der Waals surface area contributed by atoms with Crippen molar-refractivity contribution in [2.45, 2.75) is 33.2 Å². The zero-order chi connectivity index (χ0) is 25.0. The van der Waals surface area contributed by atoms with E-state index in [-0.39, 0.29) is 18.1 Å². The van der Waals surface area contributed by atoms with Gasteiger partial charge in [0.15, 0.2) is 18.2 Å². The van der Waals surface area contributed by atoms with E-state index in [1.165, 1.54) is 0 Å². The lowest BCUT2D eigenvalue weighted by atomic mass is 10.1. The van der Waals surface area contributed by atoms with Crippen LogP contribution < -0.4 is 20.1 Å². The molecule has 9 nitrogen and oxygen atoms in total. The molecule has 9 heteroatoms. The van der Waals surface area contributed by atoms with E-state index < -0.39 is 0 Å². The monoisotopic (exact) mass is 474 g/mol. The van der Waals surface area contributed by atoms with Gasteiger partial charge in [0.25, 0.3) is 5.91 Å². The van der Waals surface area contributed by atoms with E-state index in [0.717, 1.165) is 22.2 Å². The molecule has 1 amide bonds. The molecule has 0 aliphatic heterocycles. The first-order valence-corrected chi connectivity index (χ1v) is 11.5. The third-order valence-electron chi connectivity index (χ3n) is 4.91. The Morgan fingerprint density at radius 2 is 1.83 bits per heavy atom. The molecule has 0 saturated heterocycles. The van der Waals surface area contributed by atoms with Crippen LogP contribution in [0.4, 0.5) is 11.6 Å². The molecule has 4 aromatic rings. The van der Waals surface area contributed by atoms with Crippen molar-refractivity contribution < 1.29 is 14.3 Å². The molecule has 0 aliphatic carbocycles. The molecule has 2 aromatic heterocycles. The standard InChI is InChI=1S/C26H30N6O3/c1-6-34-19-10-11-21-20(15-19)25(28-22-12-13-32(5)31-22)29-24(27-21)17-8-7-9-18(14-17)35-16-23(33)30-26(2,3)4/h7-15H,6,16H2,1-5H3,(H,30,33)(H,27,28,29,31). The summed E-state index contributed by atoms with van der Waals surface area (Å²) >= 11 is 0. The van der Waals surface area contributed by atoms with Gasteiger partial charge in [0.2, 0.25) is 0 Å². The van der Waals surface area contributed by atoms with Crippen LogP contribution in [0.15, 0.2) is 54.7 Å². The van der Waals surface area contributed by atoms with Crippen molar-refractivity contribution in [3.05, 3.63) is 54.7 Å². The second kappa shape index (κ2) is 10.0. The number of anilines is 2. The van der Waals surface area contributed by atoms with E-state index in [0.29, 0.717) is 29.8 Å². The summed E-state index contributed by atoms with van der Waals surface area (Å²) in [7, 11) is 1.86. The summed E-state index contributed by atoms with van der Waals surface area (Å²) in [5, 5.41) is 11.4. The van der Waals surface area contributed by atoms with Gasteiger partial charge in [-0.15, -0.1) is 0 Å². The largest absolute Gasteiger partial charge is 0.494 e. The highest BCUT2D eigenvalue weighted by Crippen LogP contribution is 2.31. The zero-order valence-corrected chi connectivity index (χ0v) is 20.6. The number of hydrogen-bond donors (Lipinski definition) is 2. The molecule has 2 heterocycles. The lowest BCUT2D eigenvalue weighted by molar-refractivity contribution is -0.124.